The van der Waals surface area contributed by atoms with E-state index < -0.39 is 78.6 Å². The van der Waals surface area contributed by atoms with Crippen LogP contribution in [0.2, 0.25) is 0 Å². The number of nitrogens with one attached hydrogen (secondary N) is 3. The van der Waals surface area contributed by atoms with Crippen LogP contribution in [0.5, 0.6) is 0 Å². The molecule has 5 unspecified atom stereocenters. The summed E-state index contributed by atoms with van der Waals surface area (Å²) in [5, 5.41) is 34.1. The smallest absolute Gasteiger partial charge is 0.326 e. The SMILES string of the molecule is CCC(C)C(NC(=O)C(CC(=O)O)NC(=O)C(N)CCCCN)C(=O)NC(CCC(=O)O)C(=O)O. The van der Waals surface area contributed by atoms with Crippen molar-refractivity contribution in [1.29, 1.82) is 0 Å². The van der Waals surface area contributed by atoms with Gasteiger partial charge in [0.2, 0.25) is 17.7 Å². The number of carboxylic acids is 3. The minimum absolute atomic E-state index is 0.273. The second-order valence-electron chi connectivity index (χ2n) is 8.25. The summed E-state index contributed by atoms with van der Waals surface area (Å²) in [6.07, 6.45) is 0.188. The first-order chi connectivity index (χ1) is 16.3. The molecule has 35 heavy (non-hydrogen) atoms. The lowest BCUT2D eigenvalue weighted by molar-refractivity contribution is -0.144. The van der Waals surface area contributed by atoms with E-state index in [9.17, 15) is 39.0 Å². The molecule has 0 radical (unpaired) electrons. The Balaban J connectivity index is 5.50. The lowest BCUT2D eigenvalue weighted by atomic mass is 9.97. The fraction of sp³-hybridized carbons (Fsp3) is 0.714. The van der Waals surface area contributed by atoms with Gasteiger partial charge in [-0.25, -0.2) is 4.79 Å². The average molecular weight is 504 g/mol. The van der Waals surface area contributed by atoms with Gasteiger partial charge in [-0.15, -0.1) is 0 Å². The van der Waals surface area contributed by atoms with E-state index in [1.165, 1.54) is 0 Å². The van der Waals surface area contributed by atoms with E-state index >= 15 is 0 Å². The van der Waals surface area contributed by atoms with Crippen molar-refractivity contribution < 1.29 is 44.1 Å². The number of carbonyl (C=O) groups excluding carboxylic acids is 3. The number of hydrogen-bond donors (Lipinski definition) is 8. The van der Waals surface area contributed by atoms with Crippen LogP contribution < -0.4 is 27.4 Å². The molecule has 14 nitrogen and oxygen atoms in total. The summed E-state index contributed by atoms with van der Waals surface area (Å²) in [4.78, 5) is 71.4. The normalized spacial score (nSPS) is 15.1. The maximum atomic E-state index is 12.8. The third kappa shape index (κ3) is 12.7. The van der Waals surface area contributed by atoms with Gasteiger partial charge in [0.15, 0.2) is 0 Å². The Hall–Kier alpha value is -3.26. The monoisotopic (exact) mass is 503 g/mol. The van der Waals surface area contributed by atoms with E-state index in [0.29, 0.717) is 25.8 Å². The number of hydrogen-bond acceptors (Lipinski definition) is 8. The molecule has 10 N–H and O–H groups in total. The topological polar surface area (TPSA) is 251 Å². The zero-order valence-corrected chi connectivity index (χ0v) is 20.0. The lowest BCUT2D eigenvalue weighted by Crippen LogP contribution is -2.59. The van der Waals surface area contributed by atoms with Gasteiger partial charge in [-0.2, -0.15) is 0 Å². The fourth-order valence-electron chi connectivity index (χ4n) is 3.04. The van der Waals surface area contributed by atoms with Crippen molar-refractivity contribution in [3.8, 4) is 0 Å². The molecule has 0 rings (SSSR count). The molecular formula is C21H37N5O9. The molecule has 0 spiro atoms. The largest absolute Gasteiger partial charge is 0.481 e. The Morgan fingerprint density at radius 1 is 0.800 bits per heavy atom. The molecule has 3 amide bonds. The molecule has 0 heterocycles. The highest BCUT2D eigenvalue weighted by Crippen LogP contribution is 2.11. The van der Waals surface area contributed by atoms with Crippen molar-refractivity contribution >= 4 is 35.6 Å². The molecule has 0 saturated carbocycles. The number of nitrogens with two attached hydrogens (primary N) is 2. The van der Waals surface area contributed by atoms with Crippen LogP contribution in [-0.4, -0.2) is 81.7 Å². The molecule has 0 saturated heterocycles. The summed E-state index contributed by atoms with van der Waals surface area (Å²) in [6.45, 7) is 3.74. The standard InChI is InChI=1S/C21H37N5O9/c1-3-11(2)17(20(33)24-13(21(34)35)7-8-15(27)28)26-19(32)14(10-16(29)30)25-18(31)12(23)6-4-5-9-22/h11-14,17H,3-10,22-23H2,1-2H3,(H,24,33)(H,25,31)(H,26,32)(H,27,28)(H,29,30)(H,34,35). The molecule has 200 valence electrons. The summed E-state index contributed by atoms with van der Waals surface area (Å²) in [5.41, 5.74) is 11.2. The Bertz CT molecular complexity index is 761. The zero-order valence-electron chi connectivity index (χ0n) is 20.0. The van der Waals surface area contributed by atoms with Crippen LogP contribution in [0.4, 0.5) is 0 Å². The molecule has 0 aliphatic rings. The van der Waals surface area contributed by atoms with Crippen LogP contribution in [0.1, 0.15) is 58.8 Å². The Morgan fingerprint density at radius 3 is 1.89 bits per heavy atom. The van der Waals surface area contributed by atoms with Gasteiger partial charge in [0, 0.05) is 6.42 Å². The highest BCUT2D eigenvalue weighted by Gasteiger charge is 2.33. The van der Waals surface area contributed by atoms with Crippen LogP contribution in [0.3, 0.4) is 0 Å². The summed E-state index contributed by atoms with van der Waals surface area (Å²) < 4.78 is 0. The minimum Gasteiger partial charge on any atom is -0.481 e. The fourth-order valence-corrected chi connectivity index (χ4v) is 3.04. The number of carboxylic acid groups (broad SMARTS) is 3. The van der Waals surface area contributed by atoms with Crippen molar-refractivity contribution in [3.63, 3.8) is 0 Å². The van der Waals surface area contributed by atoms with Crippen molar-refractivity contribution in [2.45, 2.75) is 83.0 Å². The average Bonchev–Trinajstić information content (AvgIpc) is 2.78. The summed E-state index contributed by atoms with van der Waals surface area (Å²) >= 11 is 0. The number of amides is 3. The summed E-state index contributed by atoms with van der Waals surface area (Å²) in [5.74, 6) is -7.18. The molecule has 0 bridgehead atoms. The molecule has 5 atom stereocenters. The maximum Gasteiger partial charge on any atom is 0.326 e. The van der Waals surface area contributed by atoms with Gasteiger partial charge in [0.05, 0.1) is 12.5 Å². The van der Waals surface area contributed by atoms with E-state index in [4.69, 9.17) is 16.6 Å². The first-order valence-electron chi connectivity index (χ1n) is 11.4. The molecule has 0 fully saturated rings. The number of rotatable bonds is 18. The van der Waals surface area contributed by atoms with Crippen molar-refractivity contribution in [2.24, 2.45) is 17.4 Å². The molecule has 0 aromatic heterocycles. The molecule has 0 aromatic carbocycles. The van der Waals surface area contributed by atoms with E-state index in [0.717, 1.165) is 0 Å². The number of unbranched alkanes of at least 4 members (excludes halogenated alkanes) is 1. The second-order valence-corrected chi connectivity index (χ2v) is 8.25. The Labute approximate surface area is 203 Å². The van der Waals surface area contributed by atoms with E-state index in [-0.39, 0.29) is 12.8 Å². The predicted molar refractivity (Wildman–Crippen MR) is 123 cm³/mol. The number of carbonyl (C=O) groups is 6. The quantitative estimate of drug-likeness (QED) is 0.0985. The van der Waals surface area contributed by atoms with Crippen molar-refractivity contribution in [1.82, 2.24) is 16.0 Å². The van der Waals surface area contributed by atoms with Crippen LogP contribution >= 0.6 is 0 Å². The first-order valence-corrected chi connectivity index (χ1v) is 11.4. The molecule has 0 aliphatic carbocycles. The van der Waals surface area contributed by atoms with Crippen molar-refractivity contribution in [3.05, 3.63) is 0 Å². The summed E-state index contributed by atoms with van der Waals surface area (Å²) in [6, 6.07) is -5.32. The van der Waals surface area contributed by atoms with E-state index in [1.807, 2.05) is 0 Å². The third-order valence-electron chi connectivity index (χ3n) is 5.37. The predicted octanol–water partition coefficient (Wildman–Crippen LogP) is -1.63. The molecular weight excluding hydrogens is 466 g/mol. The highest BCUT2D eigenvalue weighted by molar-refractivity contribution is 5.95. The molecule has 0 aromatic rings. The minimum atomic E-state index is -1.54. The number of aliphatic carboxylic acids is 3. The van der Waals surface area contributed by atoms with Crippen molar-refractivity contribution in [2.75, 3.05) is 6.54 Å². The van der Waals surface area contributed by atoms with E-state index in [1.54, 1.807) is 13.8 Å². The van der Waals surface area contributed by atoms with Gasteiger partial charge < -0.3 is 42.7 Å². The maximum absolute atomic E-state index is 12.8. The van der Waals surface area contributed by atoms with E-state index in [2.05, 4.69) is 16.0 Å². The highest BCUT2D eigenvalue weighted by atomic mass is 16.4. The molecule has 14 heteroatoms. The van der Waals surface area contributed by atoms with Crippen LogP contribution in [0, 0.1) is 5.92 Å². The van der Waals surface area contributed by atoms with Gasteiger partial charge >= 0.3 is 17.9 Å². The van der Waals surface area contributed by atoms with Gasteiger partial charge in [0.25, 0.3) is 0 Å². The molecule has 0 aliphatic heterocycles. The van der Waals surface area contributed by atoms with Gasteiger partial charge in [-0.3, -0.25) is 24.0 Å². The lowest BCUT2D eigenvalue weighted by Gasteiger charge is -2.27. The first kappa shape index (κ1) is 31.7. The van der Waals surface area contributed by atoms with Gasteiger partial charge in [-0.1, -0.05) is 26.7 Å². The Morgan fingerprint density at radius 2 is 1.40 bits per heavy atom. The van der Waals surface area contributed by atoms with Crippen LogP contribution in [0.15, 0.2) is 0 Å². The van der Waals surface area contributed by atoms with Crippen LogP contribution in [-0.2, 0) is 28.8 Å². The van der Waals surface area contributed by atoms with Crippen LogP contribution in [0.25, 0.3) is 0 Å². The Kier molecular flexibility index (Phi) is 14.9. The summed E-state index contributed by atoms with van der Waals surface area (Å²) in [7, 11) is 0. The van der Waals surface area contributed by atoms with Gasteiger partial charge in [-0.05, 0) is 31.7 Å². The zero-order chi connectivity index (χ0) is 27.1. The second kappa shape index (κ2) is 16.4. The third-order valence-corrected chi connectivity index (χ3v) is 5.37. The van der Waals surface area contributed by atoms with Gasteiger partial charge in [0.1, 0.15) is 18.1 Å².